The second-order valence-electron chi connectivity index (χ2n) is 6.77. The first-order valence-corrected chi connectivity index (χ1v) is 8.48. The number of benzene rings is 1. The van der Waals surface area contributed by atoms with E-state index in [0.29, 0.717) is 23.7 Å². The number of nitrogens with zero attached hydrogens (tertiary/aromatic N) is 2. The fourth-order valence-electron chi connectivity index (χ4n) is 2.95. The Morgan fingerprint density at radius 2 is 2.00 bits per heavy atom. The van der Waals surface area contributed by atoms with Gasteiger partial charge in [0.2, 0.25) is 5.91 Å². The lowest BCUT2D eigenvalue weighted by atomic mass is 10.1. The summed E-state index contributed by atoms with van der Waals surface area (Å²) in [4.78, 5) is 39.9. The lowest BCUT2D eigenvalue weighted by molar-refractivity contribution is -0.120. The number of urea groups is 1. The van der Waals surface area contributed by atoms with Crippen molar-refractivity contribution < 1.29 is 14.4 Å². The number of nitrogens with one attached hydrogen (secondary N) is 1. The molecule has 1 aromatic rings. The summed E-state index contributed by atoms with van der Waals surface area (Å²) < 4.78 is 0. The zero-order valence-corrected chi connectivity index (χ0v) is 14.1. The molecule has 0 bridgehead atoms. The van der Waals surface area contributed by atoms with E-state index in [1.807, 2.05) is 18.7 Å². The van der Waals surface area contributed by atoms with Crippen LogP contribution in [-0.4, -0.2) is 41.9 Å². The number of carbonyl (C=O) groups excluding carboxylic acids is 3. The van der Waals surface area contributed by atoms with Crippen LogP contribution in [0.4, 0.5) is 10.5 Å². The highest BCUT2D eigenvalue weighted by atomic mass is 16.2. The second kappa shape index (κ2) is 6.63. The zero-order chi connectivity index (χ0) is 17.3. The lowest BCUT2D eigenvalue weighted by Gasteiger charge is -2.31. The zero-order valence-electron chi connectivity index (χ0n) is 14.1. The Morgan fingerprint density at radius 3 is 2.62 bits per heavy atom. The Morgan fingerprint density at radius 1 is 1.29 bits per heavy atom. The molecule has 0 spiro atoms. The van der Waals surface area contributed by atoms with Gasteiger partial charge in [0, 0.05) is 25.6 Å². The van der Waals surface area contributed by atoms with Gasteiger partial charge < -0.3 is 4.90 Å². The van der Waals surface area contributed by atoms with E-state index in [4.69, 9.17) is 0 Å². The average molecular weight is 329 g/mol. The molecule has 1 aliphatic heterocycles. The highest BCUT2D eigenvalue weighted by Gasteiger charge is 2.32. The summed E-state index contributed by atoms with van der Waals surface area (Å²) in [7, 11) is 0. The molecule has 1 aliphatic carbocycles. The van der Waals surface area contributed by atoms with Crippen LogP contribution in [0.2, 0.25) is 0 Å². The Kier molecular flexibility index (Phi) is 4.55. The molecule has 24 heavy (non-hydrogen) atoms. The average Bonchev–Trinajstić information content (AvgIpc) is 3.36. The molecule has 0 aromatic heterocycles. The summed E-state index contributed by atoms with van der Waals surface area (Å²) in [6.45, 7) is 5.07. The van der Waals surface area contributed by atoms with Gasteiger partial charge in [-0.1, -0.05) is 12.1 Å². The molecule has 0 atom stereocenters. The molecule has 2 aliphatic rings. The van der Waals surface area contributed by atoms with Crippen molar-refractivity contribution >= 4 is 23.5 Å². The number of amides is 4. The summed E-state index contributed by atoms with van der Waals surface area (Å²) in [5.41, 5.74) is 1.07. The maximum absolute atomic E-state index is 13.1. The summed E-state index contributed by atoms with van der Waals surface area (Å²) in [5, 5.41) is 2.31. The number of anilines is 1. The smallest absolute Gasteiger partial charge is 0.328 e. The SMILES string of the molecule is CC(C)N(CC1CC1)C(=O)c1ccccc1N1CCC(=O)NC1=O. The van der Waals surface area contributed by atoms with Crippen molar-refractivity contribution in [2.75, 3.05) is 18.0 Å². The summed E-state index contributed by atoms with van der Waals surface area (Å²) in [6, 6.07) is 6.75. The first kappa shape index (κ1) is 16.5. The van der Waals surface area contributed by atoms with E-state index in [0.717, 1.165) is 6.54 Å². The Balaban J connectivity index is 1.88. The maximum Gasteiger partial charge on any atom is 0.328 e. The predicted molar refractivity (Wildman–Crippen MR) is 90.8 cm³/mol. The maximum atomic E-state index is 13.1. The van der Waals surface area contributed by atoms with Crippen molar-refractivity contribution in [1.29, 1.82) is 0 Å². The van der Waals surface area contributed by atoms with E-state index in [1.54, 1.807) is 24.3 Å². The minimum absolute atomic E-state index is 0.0581. The standard InChI is InChI=1S/C18H23N3O3/c1-12(2)21(11-13-7-8-13)17(23)14-5-3-4-6-15(14)20-10-9-16(22)19-18(20)24/h3-6,12-13H,7-11H2,1-2H3,(H,19,22,24). The van der Waals surface area contributed by atoms with E-state index >= 15 is 0 Å². The fourth-order valence-corrected chi connectivity index (χ4v) is 2.95. The van der Waals surface area contributed by atoms with Crippen LogP contribution in [-0.2, 0) is 4.79 Å². The third kappa shape index (κ3) is 3.42. The molecule has 2 fully saturated rings. The van der Waals surface area contributed by atoms with Crippen LogP contribution in [0, 0.1) is 5.92 Å². The van der Waals surface area contributed by atoms with Crippen LogP contribution < -0.4 is 10.2 Å². The van der Waals surface area contributed by atoms with Gasteiger partial charge >= 0.3 is 6.03 Å². The van der Waals surface area contributed by atoms with Crippen LogP contribution in [0.15, 0.2) is 24.3 Å². The molecular formula is C18H23N3O3. The van der Waals surface area contributed by atoms with Crippen molar-refractivity contribution in [3.63, 3.8) is 0 Å². The lowest BCUT2D eigenvalue weighted by Crippen LogP contribution is -2.50. The number of imide groups is 1. The van der Waals surface area contributed by atoms with Crippen LogP contribution in [0.1, 0.15) is 43.5 Å². The second-order valence-corrected chi connectivity index (χ2v) is 6.77. The van der Waals surface area contributed by atoms with Gasteiger partial charge in [0.15, 0.2) is 0 Å². The third-order valence-corrected chi connectivity index (χ3v) is 4.52. The highest BCUT2D eigenvalue weighted by molar-refractivity contribution is 6.09. The van der Waals surface area contributed by atoms with E-state index in [-0.39, 0.29) is 24.3 Å². The van der Waals surface area contributed by atoms with Crippen LogP contribution in [0.25, 0.3) is 0 Å². The Bertz CT molecular complexity index is 667. The molecule has 6 nitrogen and oxygen atoms in total. The molecule has 4 amide bonds. The highest BCUT2D eigenvalue weighted by Crippen LogP contribution is 2.32. The van der Waals surface area contributed by atoms with Gasteiger partial charge in [0.1, 0.15) is 0 Å². The molecule has 0 unspecified atom stereocenters. The van der Waals surface area contributed by atoms with Gasteiger partial charge in [0.25, 0.3) is 5.91 Å². The third-order valence-electron chi connectivity index (χ3n) is 4.52. The summed E-state index contributed by atoms with van der Waals surface area (Å²) >= 11 is 0. The van der Waals surface area contributed by atoms with E-state index in [1.165, 1.54) is 17.7 Å². The minimum Gasteiger partial charge on any atom is -0.336 e. The van der Waals surface area contributed by atoms with Crippen LogP contribution in [0.5, 0.6) is 0 Å². The summed E-state index contributed by atoms with van der Waals surface area (Å²) in [5.74, 6) is 0.259. The molecule has 6 heteroatoms. The monoisotopic (exact) mass is 329 g/mol. The Hall–Kier alpha value is -2.37. The minimum atomic E-state index is -0.468. The number of hydrogen-bond donors (Lipinski definition) is 1. The first-order valence-electron chi connectivity index (χ1n) is 8.48. The van der Waals surface area contributed by atoms with Gasteiger partial charge in [-0.2, -0.15) is 0 Å². The van der Waals surface area contributed by atoms with Crippen LogP contribution >= 0.6 is 0 Å². The molecule has 128 valence electrons. The molecule has 1 saturated heterocycles. The number of hydrogen-bond acceptors (Lipinski definition) is 3. The number of carbonyl (C=O) groups is 3. The van der Waals surface area contributed by atoms with Crippen molar-refractivity contribution in [3.8, 4) is 0 Å². The molecule has 1 heterocycles. The van der Waals surface area contributed by atoms with Crippen LogP contribution in [0.3, 0.4) is 0 Å². The van der Waals surface area contributed by atoms with Gasteiger partial charge in [-0.05, 0) is 44.7 Å². The molecule has 1 N–H and O–H groups in total. The fraction of sp³-hybridized carbons (Fsp3) is 0.500. The number of rotatable bonds is 5. The molecular weight excluding hydrogens is 306 g/mol. The van der Waals surface area contributed by atoms with Crippen molar-refractivity contribution in [2.24, 2.45) is 5.92 Å². The van der Waals surface area contributed by atoms with E-state index < -0.39 is 6.03 Å². The summed E-state index contributed by atoms with van der Waals surface area (Å²) in [6.07, 6.45) is 2.59. The topological polar surface area (TPSA) is 69.7 Å². The van der Waals surface area contributed by atoms with Crippen molar-refractivity contribution in [3.05, 3.63) is 29.8 Å². The predicted octanol–water partition coefficient (Wildman–Crippen LogP) is 2.39. The van der Waals surface area contributed by atoms with E-state index in [2.05, 4.69) is 5.32 Å². The molecule has 1 aromatic carbocycles. The van der Waals surface area contributed by atoms with Crippen molar-refractivity contribution in [1.82, 2.24) is 10.2 Å². The Labute approximate surface area is 141 Å². The van der Waals surface area contributed by atoms with Gasteiger partial charge in [0.05, 0.1) is 11.3 Å². The van der Waals surface area contributed by atoms with Crippen molar-refractivity contribution in [2.45, 2.75) is 39.2 Å². The molecule has 0 radical (unpaired) electrons. The molecule has 1 saturated carbocycles. The molecule has 3 rings (SSSR count). The van der Waals surface area contributed by atoms with Gasteiger partial charge in [-0.15, -0.1) is 0 Å². The normalized spacial score (nSPS) is 17.9. The number of para-hydroxylation sites is 1. The largest absolute Gasteiger partial charge is 0.336 e. The van der Waals surface area contributed by atoms with Gasteiger partial charge in [-0.25, -0.2) is 4.79 Å². The first-order chi connectivity index (χ1) is 11.5. The van der Waals surface area contributed by atoms with Gasteiger partial charge in [-0.3, -0.25) is 19.8 Å². The van der Waals surface area contributed by atoms with E-state index in [9.17, 15) is 14.4 Å². The quantitative estimate of drug-likeness (QED) is 0.902.